The van der Waals surface area contributed by atoms with E-state index < -0.39 is 5.82 Å². The second kappa shape index (κ2) is 7.97. The van der Waals surface area contributed by atoms with Crippen molar-refractivity contribution in [3.63, 3.8) is 0 Å². The van der Waals surface area contributed by atoms with Crippen LogP contribution >= 0.6 is 15.9 Å². The lowest BCUT2D eigenvalue weighted by atomic mass is 10.1. The third-order valence-corrected chi connectivity index (χ3v) is 2.97. The number of aromatic nitrogens is 2. The Labute approximate surface area is 115 Å². The van der Waals surface area contributed by atoms with E-state index in [2.05, 4.69) is 25.9 Å². The van der Waals surface area contributed by atoms with Crippen LogP contribution in [0.5, 0.6) is 0 Å². The molecule has 0 aliphatic rings. The first-order chi connectivity index (χ1) is 8.61. The molecule has 0 aliphatic carbocycles. The van der Waals surface area contributed by atoms with Crippen LogP contribution in [0.15, 0.2) is 21.7 Å². The summed E-state index contributed by atoms with van der Waals surface area (Å²) in [6.45, 7) is 9.72. The maximum absolute atomic E-state index is 13.6. The summed E-state index contributed by atoms with van der Waals surface area (Å²) in [5.41, 5.74) is 0.434. The summed E-state index contributed by atoms with van der Waals surface area (Å²) in [6, 6.07) is 1.61. The molecule has 18 heavy (non-hydrogen) atoms. The molecule has 3 nitrogen and oxygen atoms in total. The summed E-state index contributed by atoms with van der Waals surface area (Å²) < 4.78 is 13.9. The Morgan fingerprint density at radius 2 is 1.83 bits per heavy atom. The van der Waals surface area contributed by atoms with Crippen LogP contribution in [0, 0.1) is 12.7 Å². The zero-order valence-corrected chi connectivity index (χ0v) is 12.9. The molecule has 2 rings (SSSR count). The Morgan fingerprint density at radius 3 is 2.39 bits per heavy atom. The van der Waals surface area contributed by atoms with Gasteiger partial charge >= 0.3 is 0 Å². The van der Waals surface area contributed by atoms with Crippen LogP contribution in [-0.2, 0) is 0 Å². The van der Waals surface area contributed by atoms with Gasteiger partial charge in [0.25, 0.3) is 5.56 Å². The molecule has 1 N–H and O–H groups in total. The van der Waals surface area contributed by atoms with Gasteiger partial charge in [0, 0.05) is 0 Å². The van der Waals surface area contributed by atoms with Crippen LogP contribution in [0.4, 0.5) is 4.39 Å². The molecular formula is C13H18BrFN2O. The maximum atomic E-state index is 13.6. The van der Waals surface area contributed by atoms with Crippen LogP contribution in [0.2, 0.25) is 0 Å². The standard InChI is InChI=1S/C9H6BrFN2O.2C2H6/c1-4-2-5-8(7(11)6(4)10)12-3-13-9(5)14;2*1-2/h2-3H,1H3,(H,12,13,14);2*1-2H3. The van der Waals surface area contributed by atoms with Gasteiger partial charge in [-0.2, -0.15) is 0 Å². The Kier molecular flexibility index (Phi) is 7.43. The number of nitrogens with one attached hydrogen (secondary N) is 1. The minimum Gasteiger partial charge on any atom is -0.313 e. The summed E-state index contributed by atoms with van der Waals surface area (Å²) in [4.78, 5) is 17.5. The number of hydrogen-bond donors (Lipinski definition) is 1. The van der Waals surface area contributed by atoms with Crippen LogP contribution < -0.4 is 5.56 Å². The molecule has 0 unspecified atom stereocenters. The van der Waals surface area contributed by atoms with Crippen molar-refractivity contribution in [1.82, 2.24) is 9.97 Å². The van der Waals surface area contributed by atoms with Crippen LogP contribution in [0.25, 0.3) is 10.9 Å². The zero-order valence-electron chi connectivity index (χ0n) is 11.3. The lowest BCUT2D eigenvalue weighted by Crippen LogP contribution is -2.07. The first kappa shape index (κ1) is 16.8. The zero-order chi connectivity index (χ0) is 14.3. The number of halogens is 2. The van der Waals surface area contributed by atoms with Gasteiger partial charge in [0.1, 0.15) is 5.52 Å². The molecule has 0 saturated heterocycles. The minimum atomic E-state index is -0.494. The van der Waals surface area contributed by atoms with Crippen molar-refractivity contribution in [2.24, 2.45) is 0 Å². The van der Waals surface area contributed by atoms with Crippen molar-refractivity contribution in [2.75, 3.05) is 0 Å². The predicted octanol–water partition coefficient (Wildman–Crippen LogP) is 4.19. The number of aryl methyl sites for hydroxylation is 1. The number of aromatic amines is 1. The van der Waals surface area contributed by atoms with Gasteiger partial charge < -0.3 is 4.98 Å². The van der Waals surface area contributed by atoms with Gasteiger partial charge in [-0.15, -0.1) is 0 Å². The molecule has 0 atom stereocenters. The molecule has 0 fully saturated rings. The van der Waals surface area contributed by atoms with Crippen molar-refractivity contribution in [3.05, 3.63) is 38.6 Å². The molecule has 100 valence electrons. The summed E-state index contributed by atoms with van der Waals surface area (Å²) in [7, 11) is 0. The van der Waals surface area contributed by atoms with E-state index in [0.29, 0.717) is 10.0 Å². The molecule has 1 aromatic carbocycles. The minimum absolute atomic E-state index is 0.0891. The van der Waals surface area contributed by atoms with Crippen LogP contribution in [0.3, 0.4) is 0 Å². The van der Waals surface area contributed by atoms with Crippen molar-refractivity contribution >= 4 is 26.8 Å². The fourth-order valence-electron chi connectivity index (χ4n) is 1.28. The van der Waals surface area contributed by atoms with E-state index in [4.69, 9.17) is 0 Å². The summed E-state index contributed by atoms with van der Waals surface area (Å²) in [5.74, 6) is -0.494. The van der Waals surface area contributed by atoms with E-state index in [1.807, 2.05) is 27.7 Å². The molecule has 0 saturated carbocycles. The third kappa shape index (κ3) is 3.38. The first-order valence-corrected chi connectivity index (χ1v) is 6.72. The Hall–Kier alpha value is -1.23. The second-order valence-corrected chi connectivity index (χ2v) is 3.74. The Morgan fingerprint density at radius 1 is 1.28 bits per heavy atom. The van der Waals surface area contributed by atoms with Gasteiger partial charge in [0.15, 0.2) is 5.82 Å². The van der Waals surface area contributed by atoms with Gasteiger partial charge in [-0.25, -0.2) is 9.37 Å². The number of hydrogen-bond acceptors (Lipinski definition) is 2. The highest BCUT2D eigenvalue weighted by Crippen LogP contribution is 2.25. The highest BCUT2D eigenvalue weighted by molar-refractivity contribution is 9.10. The highest BCUT2D eigenvalue weighted by Gasteiger charge is 2.11. The lowest BCUT2D eigenvalue weighted by molar-refractivity contribution is 0.628. The molecular weight excluding hydrogens is 299 g/mol. The van der Waals surface area contributed by atoms with Crippen molar-refractivity contribution in [1.29, 1.82) is 0 Å². The summed E-state index contributed by atoms with van der Waals surface area (Å²) in [5, 5.41) is 0.269. The molecule has 2 aromatic rings. The maximum Gasteiger partial charge on any atom is 0.258 e. The quantitative estimate of drug-likeness (QED) is 0.792. The summed E-state index contributed by atoms with van der Waals surface area (Å²) >= 11 is 3.10. The highest BCUT2D eigenvalue weighted by atomic mass is 79.9. The van der Waals surface area contributed by atoms with Crippen molar-refractivity contribution in [3.8, 4) is 0 Å². The molecule has 0 spiro atoms. The SMILES string of the molecule is CC.CC.Cc1cc2c(=O)[nH]cnc2c(F)c1Br. The molecule has 0 bridgehead atoms. The van der Waals surface area contributed by atoms with Gasteiger partial charge in [-0.1, -0.05) is 27.7 Å². The Bertz CT molecular complexity index is 567. The van der Waals surface area contributed by atoms with E-state index in [1.54, 1.807) is 13.0 Å². The average molecular weight is 317 g/mol. The van der Waals surface area contributed by atoms with Gasteiger partial charge in [-0.05, 0) is 34.5 Å². The van der Waals surface area contributed by atoms with Crippen LogP contribution in [-0.4, -0.2) is 9.97 Å². The lowest BCUT2D eigenvalue weighted by Gasteiger charge is -2.02. The van der Waals surface area contributed by atoms with E-state index >= 15 is 0 Å². The van der Waals surface area contributed by atoms with E-state index in [-0.39, 0.29) is 16.5 Å². The fourth-order valence-corrected chi connectivity index (χ4v) is 1.58. The number of rotatable bonds is 0. The number of fused-ring (bicyclic) bond motifs is 1. The Balaban J connectivity index is 0.000000659. The molecule has 0 amide bonds. The molecule has 0 radical (unpaired) electrons. The van der Waals surface area contributed by atoms with Crippen molar-refractivity contribution < 1.29 is 4.39 Å². The average Bonchev–Trinajstić information content (AvgIpc) is 2.42. The molecule has 5 heteroatoms. The number of H-pyrrole nitrogens is 1. The topological polar surface area (TPSA) is 45.8 Å². The van der Waals surface area contributed by atoms with E-state index in [0.717, 1.165) is 0 Å². The number of benzene rings is 1. The van der Waals surface area contributed by atoms with Crippen LogP contribution in [0.1, 0.15) is 33.3 Å². The summed E-state index contributed by atoms with van der Waals surface area (Å²) in [6.07, 6.45) is 1.19. The first-order valence-electron chi connectivity index (χ1n) is 5.93. The van der Waals surface area contributed by atoms with Gasteiger partial charge in [0.05, 0.1) is 16.2 Å². The molecule has 1 heterocycles. The third-order valence-electron chi connectivity index (χ3n) is 2.00. The number of nitrogens with zero attached hydrogens (tertiary/aromatic N) is 1. The molecule has 0 aliphatic heterocycles. The van der Waals surface area contributed by atoms with Gasteiger partial charge in [0.2, 0.25) is 0 Å². The predicted molar refractivity (Wildman–Crippen MR) is 77.5 cm³/mol. The monoisotopic (exact) mass is 316 g/mol. The van der Waals surface area contributed by atoms with E-state index in [1.165, 1.54) is 6.33 Å². The molecule has 1 aromatic heterocycles. The van der Waals surface area contributed by atoms with E-state index in [9.17, 15) is 9.18 Å². The largest absolute Gasteiger partial charge is 0.313 e. The fraction of sp³-hybridized carbons (Fsp3) is 0.385. The smallest absolute Gasteiger partial charge is 0.258 e. The second-order valence-electron chi connectivity index (χ2n) is 2.95. The normalized spacial score (nSPS) is 9.06. The van der Waals surface area contributed by atoms with Gasteiger partial charge in [-0.3, -0.25) is 4.79 Å². The van der Waals surface area contributed by atoms with Crippen molar-refractivity contribution in [2.45, 2.75) is 34.6 Å².